The molecule has 0 aliphatic heterocycles. The maximum absolute atomic E-state index is 5.69. The van der Waals surface area contributed by atoms with E-state index >= 15 is 0 Å². The fraction of sp³-hybridized carbons (Fsp3) is 0.214. The molecule has 0 radical (unpaired) electrons. The van der Waals surface area contributed by atoms with Crippen molar-refractivity contribution in [2.45, 2.75) is 6.92 Å². The summed E-state index contributed by atoms with van der Waals surface area (Å²) in [6.45, 7) is 1.94. The Labute approximate surface area is 112 Å². The van der Waals surface area contributed by atoms with Gasteiger partial charge in [0.15, 0.2) is 0 Å². The van der Waals surface area contributed by atoms with E-state index in [4.69, 9.17) is 15.2 Å². The monoisotopic (exact) mass is 259 g/mol. The highest BCUT2D eigenvalue weighted by atomic mass is 16.5. The standard InChI is InChI=1S/C14H17N3O2/c1-9-6-10(15)8-16-14(9)17-12-7-11(18-2)4-5-13(12)19-3/h4-8H,15H2,1-3H3,(H,16,17). The molecule has 0 bridgehead atoms. The van der Waals surface area contributed by atoms with Crippen molar-refractivity contribution in [1.82, 2.24) is 4.98 Å². The summed E-state index contributed by atoms with van der Waals surface area (Å²) in [5.74, 6) is 2.20. The van der Waals surface area contributed by atoms with Gasteiger partial charge in [-0.15, -0.1) is 0 Å². The smallest absolute Gasteiger partial charge is 0.142 e. The van der Waals surface area contributed by atoms with Crippen molar-refractivity contribution in [2.24, 2.45) is 0 Å². The number of hydrogen-bond acceptors (Lipinski definition) is 5. The summed E-state index contributed by atoms with van der Waals surface area (Å²) >= 11 is 0. The lowest BCUT2D eigenvalue weighted by atomic mass is 10.2. The molecule has 0 aliphatic rings. The number of nitrogens with one attached hydrogen (secondary N) is 1. The van der Waals surface area contributed by atoms with E-state index in [-0.39, 0.29) is 0 Å². The van der Waals surface area contributed by atoms with Crippen LogP contribution in [-0.2, 0) is 0 Å². The molecule has 0 atom stereocenters. The predicted octanol–water partition coefficient (Wildman–Crippen LogP) is 2.73. The molecule has 0 amide bonds. The van der Waals surface area contributed by atoms with E-state index in [0.717, 1.165) is 28.6 Å². The molecule has 1 aromatic heterocycles. The van der Waals surface area contributed by atoms with Gasteiger partial charge < -0.3 is 20.5 Å². The summed E-state index contributed by atoms with van der Waals surface area (Å²) in [5, 5.41) is 3.22. The van der Waals surface area contributed by atoms with Crippen LogP contribution in [0.15, 0.2) is 30.5 Å². The van der Waals surface area contributed by atoms with Crippen molar-refractivity contribution in [3.8, 4) is 11.5 Å². The summed E-state index contributed by atoms with van der Waals surface area (Å²) < 4.78 is 10.5. The van der Waals surface area contributed by atoms with Crippen molar-refractivity contribution < 1.29 is 9.47 Å². The predicted molar refractivity (Wildman–Crippen MR) is 76.2 cm³/mol. The van der Waals surface area contributed by atoms with Gasteiger partial charge in [-0.2, -0.15) is 0 Å². The van der Waals surface area contributed by atoms with Gasteiger partial charge in [-0.25, -0.2) is 4.98 Å². The van der Waals surface area contributed by atoms with E-state index in [2.05, 4.69) is 10.3 Å². The molecule has 0 saturated carbocycles. The Morgan fingerprint density at radius 1 is 1.16 bits per heavy atom. The van der Waals surface area contributed by atoms with Gasteiger partial charge in [0.25, 0.3) is 0 Å². The molecular formula is C14H17N3O2. The lowest BCUT2D eigenvalue weighted by Crippen LogP contribution is -2.00. The third kappa shape index (κ3) is 2.88. The van der Waals surface area contributed by atoms with Crippen LogP contribution in [0.25, 0.3) is 0 Å². The SMILES string of the molecule is COc1ccc(OC)c(Nc2ncc(N)cc2C)c1. The second-order valence-corrected chi connectivity index (χ2v) is 4.13. The Morgan fingerprint density at radius 2 is 1.95 bits per heavy atom. The maximum Gasteiger partial charge on any atom is 0.142 e. The van der Waals surface area contributed by atoms with Crippen LogP contribution in [0.5, 0.6) is 11.5 Å². The molecule has 5 nitrogen and oxygen atoms in total. The maximum atomic E-state index is 5.69. The number of anilines is 3. The first kappa shape index (κ1) is 13.0. The number of rotatable bonds is 4. The number of methoxy groups -OCH3 is 2. The molecule has 0 unspecified atom stereocenters. The zero-order chi connectivity index (χ0) is 13.8. The Morgan fingerprint density at radius 3 is 2.58 bits per heavy atom. The number of benzene rings is 1. The average Bonchev–Trinajstić information content (AvgIpc) is 2.41. The minimum absolute atomic E-state index is 0.639. The van der Waals surface area contributed by atoms with E-state index in [1.165, 1.54) is 0 Å². The first-order valence-electron chi connectivity index (χ1n) is 5.85. The number of nitrogens with two attached hydrogens (primary N) is 1. The van der Waals surface area contributed by atoms with Crippen molar-refractivity contribution in [1.29, 1.82) is 0 Å². The molecule has 0 aliphatic carbocycles. The molecule has 1 heterocycles. The Kier molecular flexibility index (Phi) is 3.75. The van der Waals surface area contributed by atoms with Gasteiger partial charge in [-0.3, -0.25) is 0 Å². The number of nitrogen functional groups attached to an aromatic ring is 1. The van der Waals surface area contributed by atoms with Crippen molar-refractivity contribution >= 4 is 17.2 Å². The van der Waals surface area contributed by atoms with E-state index < -0.39 is 0 Å². The normalized spacial score (nSPS) is 10.1. The number of nitrogens with zero attached hydrogens (tertiary/aromatic N) is 1. The number of aryl methyl sites for hydroxylation is 1. The van der Waals surface area contributed by atoms with Gasteiger partial charge in [0, 0.05) is 6.07 Å². The molecular weight excluding hydrogens is 242 g/mol. The highest BCUT2D eigenvalue weighted by Gasteiger charge is 2.08. The Balaban J connectivity index is 2.36. The molecule has 2 aromatic rings. The minimum Gasteiger partial charge on any atom is -0.497 e. The van der Waals surface area contributed by atoms with Gasteiger partial charge in [-0.05, 0) is 30.7 Å². The lowest BCUT2D eigenvalue weighted by Gasteiger charge is -2.13. The molecule has 3 N–H and O–H groups in total. The minimum atomic E-state index is 0.639. The lowest BCUT2D eigenvalue weighted by molar-refractivity contribution is 0.405. The molecule has 2 rings (SSSR count). The van der Waals surface area contributed by atoms with Crippen LogP contribution in [0, 0.1) is 6.92 Å². The van der Waals surface area contributed by atoms with Gasteiger partial charge in [-0.1, -0.05) is 0 Å². The highest BCUT2D eigenvalue weighted by molar-refractivity contribution is 5.68. The van der Waals surface area contributed by atoms with Crippen molar-refractivity contribution in [3.63, 3.8) is 0 Å². The second kappa shape index (κ2) is 5.48. The number of aromatic nitrogens is 1. The van der Waals surface area contributed by atoms with Crippen LogP contribution in [0.3, 0.4) is 0 Å². The van der Waals surface area contributed by atoms with E-state index in [1.807, 2.05) is 31.2 Å². The topological polar surface area (TPSA) is 69.4 Å². The van der Waals surface area contributed by atoms with Gasteiger partial charge in [0.2, 0.25) is 0 Å². The molecule has 1 aromatic carbocycles. The van der Waals surface area contributed by atoms with Gasteiger partial charge >= 0.3 is 0 Å². The summed E-state index contributed by atoms with van der Waals surface area (Å²) in [6, 6.07) is 7.40. The number of hydrogen-bond donors (Lipinski definition) is 2. The van der Waals surface area contributed by atoms with Gasteiger partial charge in [0.1, 0.15) is 17.3 Å². The fourth-order valence-electron chi connectivity index (χ4n) is 1.77. The highest BCUT2D eigenvalue weighted by Crippen LogP contribution is 2.31. The largest absolute Gasteiger partial charge is 0.497 e. The summed E-state index contributed by atoms with van der Waals surface area (Å²) in [5.41, 5.74) is 8.08. The summed E-state index contributed by atoms with van der Waals surface area (Å²) in [4.78, 5) is 4.27. The van der Waals surface area contributed by atoms with Crippen LogP contribution >= 0.6 is 0 Å². The van der Waals surface area contributed by atoms with Crippen molar-refractivity contribution in [3.05, 3.63) is 36.0 Å². The number of ether oxygens (including phenoxy) is 2. The van der Waals surface area contributed by atoms with Crippen LogP contribution in [0.4, 0.5) is 17.2 Å². The van der Waals surface area contributed by atoms with Crippen LogP contribution in [0.2, 0.25) is 0 Å². The van der Waals surface area contributed by atoms with E-state index in [9.17, 15) is 0 Å². The molecule has 0 saturated heterocycles. The van der Waals surface area contributed by atoms with Crippen LogP contribution in [-0.4, -0.2) is 19.2 Å². The Hall–Kier alpha value is -2.43. The summed E-state index contributed by atoms with van der Waals surface area (Å²) in [6.07, 6.45) is 1.61. The third-order valence-corrected chi connectivity index (χ3v) is 2.76. The first-order chi connectivity index (χ1) is 9.13. The zero-order valence-electron chi connectivity index (χ0n) is 11.2. The first-order valence-corrected chi connectivity index (χ1v) is 5.85. The third-order valence-electron chi connectivity index (χ3n) is 2.76. The quantitative estimate of drug-likeness (QED) is 0.883. The van der Waals surface area contributed by atoms with E-state index in [1.54, 1.807) is 20.4 Å². The zero-order valence-corrected chi connectivity index (χ0v) is 11.2. The number of pyridine rings is 1. The molecule has 100 valence electrons. The molecule has 19 heavy (non-hydrogen) atoms. The molecule has 0 fully saturated rings. The van der Waals surface area contributed by atoms with Gasteiger partial charge in [0.05, 0.1) is 31.8 Å². The molecule has 0 spiro atoms. The summed E-state index contributed by atoms with van der Waals surface area (Å²) in [7, 11) is 3.24. The second-order valence-electron chi connectivity index (χ2n) is 4.13. The average molecular weight is 259 g/mol. The van der Waals surface area contributed by atoms with Crippen molar-refractivity contribution in [2.75, 3.05) is 25.3 Å². The Bertz CT molecular complexity index is 585. The van der Waals surface area contributed by atoms with Crippen LogP contribution < -0.4 is 20.5 Å². The fourth-order valence-corrected chi connectivity index (χ4v) is 1.77. The van der Waals surface area contributed by atoms with Crippen LogP contribution in [0.1, 0.15) is 5.56 Å². The molecule has 5 heteroatoms. The van der Waals surface area contributed by atoms with E-state index in [0.29, 0.717) is 5.69 Å².